The minimum absolute atomic E-state index is 0.0300. The Hall–Kier alpha value is -1.44. The van der Waals surface area contributed by atoms with Gasteiger partial charge in [0.15, 0.2) is 0 Å². The zero-order valence-corrected chi connectivity index (χ0v) is 13.2. The molecule has 0 aliphatic rings. The second-order valence-electron chi connectivity index (χ2n) is 4.92. The lowest BCUT2D eigenvalue weighted by Crippen LogP contribution is -2.40. The molecule has 0 fully saturated rings. The van der Waals surface area contributed by atoms with Crippen LogP contribution in [0.25, 0.3) is 0 Å². The largest absolute Gasteiger partial charge is 0.462 e. The molecular weight excluding hydrogens is 294 g/mol. The lowest BCUT2D eigenvalue weighted by molar-refractivity contribution is 0.0526. The molecule has 1 aromatic rings. The lowest BCUT2D eigenvalue weighted by atomic mass is 10.1. The zero-order valence-electron chi connectivity index (χ0n) is 12.4. The van der Waals surface area contributed by atoms with Gasteiger partial charge in [-0.1, -0.05) is 6.92 Å². The molecule has 0 aliphatic heterocycles. The van der Waals surface area contributed by atoms with Crippen molar-refractivity contribution in [1.29, 1.82) is 0 Å². The van der Waals surface area contributed by atoms with Gasteiger partial charge in [-0.15, -0.1) is 0 Å². The van der Waals surface area contributed by atoms with Gasteiger partial charge in [0.1, 0.15) is 0 Å². The highest BCUT2D eigenvalue weighted by Crippen LogP contribution is 2.13. The van der Waals surface area contributed by atoms with Gasteiger partial charge in [-0.05, 0) is 44.5 Å². The number of hydrogen-bond donors (Lipinski definition) is 2. The van der Waals surface area contributed by atoms with Crippen molar-refractivity contribution >= 4 is 16.0 Å². The van der Waals surface area contributed by atoms with Crippen molar-refractivity contribution in [3.63, 3.8) is 0 Å². The Morgan fingerprint density at radius 3 is 2.33 bits per heavy atom. The van der Waals surface area contributed by atoms with E-state index < -0.39 is 21.6 Å². The van der Waals surface area contributed by atoms with E-state index in [-0.39, 0.29) is 23.6 Å². The van der Waals surface area contributed by atoms with Crippen molar-refractivity contribution in [3.05, 3.63) is 29.8 Å². The number of benzene rings is 1. The summed E-state index contributed by atoms with van der Waals surface area (Å²) in [5, 5.41) is 9.82. The van der Waals surface area contributed by atoms with Gasteiger partial charge in [0.25, 0.3) is 0 Å². The smallest absolute Gasteiger partial charge is 0.338 e. The van der Waals surface area contributed by atoms with E-state index in [4.69, 9.17) is 4.74 Å². The quantitative estimate of drug-likeness (QED) is 0.740. The van der Waals surface area contributed by atoms with Crippen LogP contribution in [0.15, 0.2) is 29.2 Å². The number of ether oxygens (including phenoxy) is 1. The Bertz CT molecular complexity index is 578. The van der Waals surface area contributed by atoms with Crippen LogP contribution >= 0.6 is 0 Å². The van der Waals surface area contributed by atoms with Crippen LogP contribution in [0, 0.1) is 0 Å². The molecule has 1 aromatic carbocycles. The molecule has 0 aliphatic carbocycles. The number of rotatable bonds is 7. The number of esters is 1. The lowest BCUT2D eigenvalue weighted by Gasteiger charge is -2.21. The summed E-state index contributed by atoms with van der Waals surface area (Å²) in [6, 6.07) is 5.44. The fourth-order valence-corrected chi connectivity index (χ4v) is 2.61. The van der Waals surface area contributed by atoms with Crippen LogP contribution in [0.1, 0.15) is 37.6 Å². The molecule has 0 saturated heterocycles. The summed E-state index contributed by atoms with van der Waals surface area (Å²) in [4.78, 5) is 11.5. The molecule has 0 bridgehead atoms. The van der Waals surface area contributed by atoms with Crippen LogP contribution in [0.5, 0.6) is 0 Å². The zero-order chi connectivity index (χ0) is 16.1. The van der Waals surface area contributed by atoms with Gasteiger partial charge in [0, 0.05) is 6.54 Å². The number of aliphatic hydroxyl groups is 1. The standard InChI is InChI=1S/C14H21NO5S/c1-4-14(3,17)10-15-21(18,19)12-8-6-11(7-9-12)13(16)20-5-2/h6-9,15,17H,4-5,10H2,1-3H3. The average Bonchev–Trinajstić information content (AvgIpc) is 2.46. The second kappa shape index (κ2) is 7.02. The van der Waals surface area contributed by atoms with Crippen LogP contribution in [-0.4, -0.2) is 38.2 Å². The van der Waals surface area contributed by atoms with E-state index in [1.165, 1.54) is 24.3 Å². The number of sulfonamides is 1. The van der Waals surface area contributed by atoms with Gasteiger partial charge in [0.05, 0.1) is 22.7 Å². The van der Waals surface area contributed by atoms with E-state index in [1.54, 1.807) is 20.8 Å². The van der Waals surface area contributed by atoms with Gasteiger partial charge in [-0.25, -0.2) is 17.9 Å². The summed E-state index contributed by atoms with van der Waals surface area (Å²) >= 11 is 0. The molecule has 2 N–H and O–H groups in total. The maximum Gasteiger partial charge on any atom is 0.338 e. The molecule has 7 heteroatoms. The molecule has 0 amide bonds. The van der Waals surface area contributed by atoms with Crippen LogP contribution < -0.4 is 4.72 Å². The molecule has 0 aromatic heterocycles. The molecule has 1 unspecified atom stereocenters. The predicted octanol–water partition coefficient (Wildman–Crippen LogP) is 1.30. The minimum atomic E-state index is -3.72. The molecule has 1 atom stereocenters. The Labute approximate surface area is 125 Å². The van der Waals surface area contributed by atoms with Crippen LogP contribution in [0.3, 0.4) is 0 Å². The average molecular weight is 315 g/mol. The maximum atomic E-state index is 12.1. The molecule has 0 spiro atoms. The Morgan fingerprint density at radius 2 is 1.86 bits per heavy atom. The number of hydrogen-bond acceptors (Lipinski definition) is 5. The third-order valence-electron chi connectivity index (χ3n) is 3.08. The number of nitrogens with one attached hydrogen (secondary N) is 1. The van der Waals surface area contributed by atoms with E-state index in [9.17, 15) is 18.3 Å². The molecule has 0 heterocycles. The summed E-state index contributed by atoms with van der Waals surface area (Å²) in [6.07, 6.45) is 0.428. The van der Waals surface area contributed by atoms with E-state index in [0.717, 1.165) is 0 Å². The fourth-order valence-electron chi connectivity index (χ4n) is 1.44. The first kappa shape index (κ1) is 17.6. The van der Waals surface area contributed by atoms with Crippen molar-refractivity contribution < 1.29 is 23.1 Å². The third-order valence-corrected chi connectivity index (χ3v) is 4.50. The predicted molar refractivity (Wildman–Crippen MR) is 78.5 cm³/mol. The van der Waals surface area contributed by atoms with Crippen molar-refractivity contribution in [2.45, 2.75) is 37.7 Å². The summed E-state index contributed by atoms with van der Waals surface area (Å²) in [6.45, 7) is 5.19. The van der Waals surface area contributed by atoms with Crippen LogP contribution in [0.4, 0.5) is 0 Å². The molecule has 21 heavy (non-hydrogen) atoms. The third kappa shape index (κ3) is 5.11. The normalized spacial score (nSPS) is 14.5. The van der Waals surface area contributed by atoms with Gasteiger partial charge in [-0.2, -0.15) is 0 Å². The Kier molecular flexibility index (Phi) is 5.88. The van der Waals surface area contributed by atoms with Gasteiger partial charge < -0.3 is 9.84 Å². The van der Waals surface area contributed by atoms with Crippen LogP contribution in [-0.2, 0) is 14.8 Å². The van der Waals surface area contributed by atoms with Crippen molar-refractivity contribution in [2.24, 2.45) is 0 Å². The fraction of sp³-hybridized carbons (Fsp3) is 0.500. The number of carbonyl (C=O) groups excluding carboxylic acids is 1. The highest BCUT2D eigenvalue weighted by molar-refractivity contribution is 7.89. The first-order valence-electron chi connectivity index (χ1n) is 6.71. The van der Waals surface area contributed by atoms with Gasteiger partial charge >= 0.3 is 5.97 Å². The van der Waals surface area contributed by atoms with E-state index in [2.05, 4.69) is 4.72 Å². The molecule has 6 nitrogen and oxygen atoms in total. The minimum Gasteiger partial charge on any atom is -0.462 e. The van der Waals surface area contributed by atoms with Crippen LogP contribution in [0.2, 0.25) is 0 Å². The second-order valence-corrected chi connectivity index (χ2v) is 6.69. The monoisotopic (exact) mass is 315 g/mol. The van der Waals surface area contributed by atoms with E-state index in [1.807, 2.05) is 0 Å². The van der Waals surface area contributed by atoms with Crippen molar-refractivity contribution in [3.8, 4) is 0 Å². The van der Waals surface area contributed by atoms with E-state index >= 15 is 0 Å². The van der Waals surface area contributed by atoms with Crippen molar-refractivity contribution in [2.75, 3.05) is 13.2 Å². The summed E-state index contributed by atoms with van der Waals surface area (Å²) in [5.74, 6) is -0.497. The summed E-state index contributed by atoms with van der Waals surface area (Å²) < 4.78 is 31.3. The topological polar surface area (TPSA) is 92.7 Å². The first-order valence-corrected chi connectivity index (χ1v) is 8.19. The SMILES string of the molecule is CCOC(=O)c1ccc(S(=O)(=O)NCC(C)(O)CC)cc1. The van der Waals surface area contributed by atoms with Crippen molar-refractivity contribution in [1.82, 2.24) is 4.72 Å². The molecule has 0 radical (unpaired) electrons. The van der Waals surface area contributed by atoms with E-state index in [0.29, 0.717) is 6.42 Å². The molecular formula is C14H21NO5S. The highest BCUT2D eigenvalue weighted by atomic mass is 32.2. The maximum absolute atomic E-state index is 12.1. The first-order chi connectivity index (χ1) is 9.72. The summed E-state index contributed by atoms with van der Waals surface area (Å²) in [5.41, 5.74) is -0.811. The molecule has 0 saturated carbocycles. The molecule has 1 rings (SSSR count). The highest BCUT2D eigenvalue weighted by Gasteiger charge is 2.22. The Morgan fingerprint density at radius 1 is 1.29 bits per heavy atom. The van der Waals surface area contributed by atoms with Gasteiger partial charge in [0.2, 0.25) is 10.0 Å². The molecule has 118 valence electrons. The van der Waals surface area contributed by atoms with Gasteiger partial charge in [-0.3, -0.25) is 0 Å². The summed E-state index contributed by atoms with van der Waals surface area (Å²) in [7, 11) is -3.72. The number of carbonyl (C=O) groups is 1. The Balaban J connectivity index is 2.83.